The number of aryl methyl sites for hydroxylation is 1. The fourth-order valence-electron chi connectivity index (χ4n) is 1.98. The average molecular weight is 261 g/mol. The van der Waals surface area contributed by atoms with Crippen molar-refractivity contribution in [2.24, 2.45) is 0 Å². The van der Waals surface area contributed by atoms with Gasteiger partial charge in [0.1, 0.15) is 11.5 Å². The molecular formula is C14H19N3O2. The van der Waals surface area contributed by atoms with Crippen molar-refractivity contribution in [2.45, 2.75) is 25.9 Å². The van der Waals surface area contributed by atoms with E-state index in [0.29, 0.717) is 0 Å². The largest absolute Gasteiger partial charge is 0.508 e. The fraction of sp³-hybridized carbons (Fsp3) is 0.357. The molecule has 0 radical (unpaired) electrons. The van der Waals surface area contributed by atoms with Crippen LogP contribution in [0, 0.1) is 0 Å². The maximum atomic E-state index is 9.44. The summed E-state index contributed by atoms with van der Waals surface area (Å²) in [6.45, 7) is 3.72. The third-order valence-corrected chi connectivity index (χ3v) is 3.00. The molecule has 1 aromatic heterocycles. The number of hydrogen-bond acceptors (Lipinski definition) is 4. The highest BCUT2D eigenvalue weighted by Gasteiger charge is 2.07. The molecule has 0 bridgehead atoms. The predicted molar refractivity (Wildman–Crippen MR) is 73.0 cm³/mol. The van der Waals surface area contributed by atoms with Crippen molar-refractivity contribution in [2.75, 3.05) is 6.54 Å². The molecule has 0 fully saturated rings. The first kappa shape index (κ1) is 13.4. The molecule has 0 spiro atoms. The number of nitrogens with zero attached hydrogens (tertiary/aromatic N) is 2. The normalized spacial score (nSPS) is 12.5. The summed E-state index contributed by atoms with van der Waals surface area (Å²) >= 11 is 0. The molecule has 1 atom stereocenters. The topological polar surface area (TPSA) is 70.3 Å². The molecule has 5 nitrogen and oxygen atoms in total. The van der Waals surface area contributed by atoms with Crippen molar-refractivity contribution in [1.29, 1.82) is 0 Å². The number of rotatable bonds is 6. The van der Waals surface area contributed by atoms with Gasteiger partial charge in [-0.3, -0.25) is 4.68 Å². The summed E-state index contributed by atoms with van der Waals surface area (Å²) in [6, 6.07) is 6.63. The average Bonchev–Trinajstić information content (AvgIpc) is 2.86. The van der Waals surface area contributed by atoms with Crippen LogP contribution in [0.1, 0.15) is 24.9 Å². The van der Waals surface area contributed by atoms with Gasteiger partial charge in [-0.2, -0.15) is 5.10 Å². The molecule has 2 rings (SSSR count). The van der Waals surface area contributed by atoms with E-state index in [9.17, 15) is 10.2 Å². The maximum Gasteiger partial charge on any atom is 0.119 e. The summed E-state index contributed by atoms with van der Waals surface area (Å²) in [5.74, 6) is 0.167. The lowest BCUT2D eigenvalue weighted by atomic mass is 10.1. The Morgan fingerprint density at radius 2 is 2.00 bits per heavy atom. The SMILES string of the molecule is CC(NCCCn1cccn1)c1cc(O)cc(O)c1. The summed E-state index contributed by atoms with van der Waals surface area (Å²) in [6.07, 6.45) is 4.68. The lowest BCUT2D eigenvalue weighted by Gasteiger charge is -2.15. The number of hydrogen-bond donors (Lipinski definition) is 3. The third-order valence-electron chi connectivity index (χ3n) is 3.00. The number of aromatic hydroxyl groups is 2. The van der Waals surface area contributed by atoms with Crippen LogP contribution in [0.4, 0.5) is 0 Å². The van der Waals surface area contributed by atoms with Gasteiger partial charge in [-0.15, -0.1) is 0 Å². The predicted octanol–water partition coefficient (Wildman–Crippen LogP) is 2.04. The van der Waals surface area contributed by atoms with Crippen molar-refractivity contribution >= 4 is 0 Å². The minimum Gasteiger partial charge on any atom is -0.508 e. The van der Waals surface area contributed by atoms with Crippen molar-refractivity contribution in [3.8, 4) is 11.5 Å². The fourth-order valence-corrected chi connectivity index (χ4v) is 1.98. The second-order valence-electron chi connectivity index (χ2n) is 4.58. The Balaban J connectivity index is 1.79. The molecule has 0 aliphatic rings. The molecule has 19 heavy (non-hydrogen) atoms. The van der Waals surface area contributed by atoms with Crippen LogP contribution in [0.2, 0.25) is 0 Å². The van der Waals surface area contributed by atoms with Gasteiger partial charge in [-0.1, -0.05) is 0 Å². The van der Waals surface area contributed by atoms with E-state index < -0.39 is 0 Å². The summed E-state index contributed by atoms with van der Waals surface area (Å²) < 4.78 is 1.90. The van der Waals surface area contributed by atoms with Crippen LogP contribution in [0.15, 0.2) is 36.7 Å². The summed E-state index contributed by atoms with van der Waals surface area (Å²) in [5, 5.41) is 26.4. The zero-order chi connectivity index (χ0) is 13.7. The van der Waals surface area contributed by atoms with Gasteiger partial charge in [0.25, 0.3) is 0 Å². The minimum atomic E-state index is 0.0793. The highest BCUT2D eigenvalue weighted by Crippen LogP contribution is 2.24. The number of phenolic OH excluding ortho intramolecular Hbond substituents is 2. The molecule has 5 heteroatoms. The van der Waals surface area contributed by atoms with Gasteiger partial charge in [0.2, 0.25) is 0 Å². The Hall–Kier alpha value is -2.01. The highest BCUT2D eigenvalue weighted by atomic mass is 16.3. The molecule has 0 aliphatic heterocycles. The van der Waals surface area contributed by atoms with E-state index >= 15 is 0 Å². The van der Waals surface area contributed by atoms with E-state index in [1.165, 1.54) is 6.07 Å². The van der Waals surface area contributed by atoms with Gasteiger partial charge in [-0.25, -0.2) is 0 Å². The Bertz CT molecular complexity index is 491. The van der Waals surface area contributed by atoms with E-state index in [1.807, 2.05) is 23.9 Å². The first-order valence-electron chi connectivity index (χ1n) is 6.39. The van der Waals surface area contributed by atoms with Gasteiger partial charge < -0.3 is 15.5 Å². The maximum absolute atomic E-state index is 9.44. The summed E-state index contributed by atoms with van der Waals surface area (Å²) in [5.41, 5.74) is 0.872. The molecule has 1 unspecified atom stereocenters. The van der Waals surface area contributed by atoms with E-state index in [2.05, 4.69) is 10.4 Å². The van der Waals surface area contributed by atoms with E-state index in [0.717, 1.165) is 25.1 Å². The van der Waals surface area contributed by atoms with Gasteiger partial charge in [0.05, 0.1) is 0 Å². The van der Waals surface area contributed by atoms with Gasteiger partial charge in [0, 0.05) is 31.0 Å². The van der Waals surface area contributed by atoms with Gasteiger partial charge in [-0.05, 0) is 43.7 Å². The van der Waals surface area contributed by atoms with Crippen LogP contribution in [-0.4, -0.2) is 26.5 Å². The van der Waals surface area contributed by atoms with Gasteiger partial charge >= 0.3 is 0 Å². The number of aromatic nitrogens is 2. The van der Waals surface area contributed by atoms with Gasteiger partial charge in [0.15, 0.2) is 0 Å². The van der Waals surface area contributed by atoms with Crippen molar-refractivity contribution in [3.63, 3.8) is 0 Å². The molecule has 1 aromatic carbocycles. The van der Waals surface area contributed by atoms with Crippen LogP contribution >= 0.6 is 0 Å². The van der Waals surface area contributed by atoms with Crippen molar-refractivity contribution in [1.82, 2.24) is 15.1 Å². The zero-order valence-electron chi connectivity index (χ0n) is 11.0. The van der Waals surface area contributed by atoms with E-state index in [-0.39, 0.29) is 17.5 Å². The number of benzene rings is 1. The third kappa shape index (κ3) is 3.99. The molecule has 102 valence electrons. The van der Waals surface area contributed by atoms with Crippen LogP contribution in [-0.2, 0) is 6.54 Å². The Labute approximate surface area is 112 Å². The Morgan fingerprint density at radius 1 is 1.26 bits per heavy atom. The van der Waals surface area contributed by atoms with Crippen molar-refractivity contribution in [3.05, 3.63) is 42.2 Å². The monoisotopic (exact) mass is 261 g/mol. The molecule has 3 N–H and O–H groups in total. The molecular weight excluding hydrogens is 242 g/mol. The molecule has 0 amide bonds. The summed E-state index contributed by atoms with van der Waals surface area (Å²) in [4.78, 5) is 0. The Morgan fingerprint density at radius 3 is 2.63 bits per heavy atom. The van der Waals surface area contributed by atoms with Crippen LogP contribution in [0.3, 0.4) is 0 Å². The zero-order valence-corrected chi connectivity index (χ0v) is 11.0. The van der Waals surface area contributed by atoms with Crippen LogP contribution in [0.5, 0.6) is 11.5 Å². The molecule has 1 heterocycles. The quantitative estimate of drug-likeness (QED) is 0.696. The first-order valence-corrected chi connectivity index (χ1v) is 6.39. The van der Waals surface area contributed by atoms with Crippen LogP contribution in [0.25, 0.3) is 0 Å². The molecule has 0 aliphatic carbocycles. The second kappa shape index (κ2) is 6.24. The number of nitrogens with one attached hydrogen (secondary N) is 1. The van der Waals surface area contributed by atoms with Crippen LogP contribution < -0.4 is 5.32 Å². The summed E-state index contributed by atoms with van der Waals surface area (Å²) in [7, 11) is 0. The second-order valence-corrected chi connectivity index (χ2v) is 4.58. The first-order chi connectivity index (χ1) is 9.15. The molecule has 2 aromatic rings. The highest BCUT2D eigenvalue weighted by molar-refractivity contribution is 5.37. The number of phenols is 2. The Kier molecular flexibility index (Phi) is 4.41. The molecule has 0 saturated carbocycles. The van der Waals surface area contributed by atoms with E-state index in [4.69, 9.17) is 0 Å². The minimum absolute atomic E-state index is 0.0793. The molecule has 0 saturated heterocycles. The standard InChI is InChI=1S/C14H19N3O2/c1-11(12-8-13(18)10-14(19)9-12)15-4-2-6-17-7-3-5-16-17/h3,5,7-11,15,18-19H,2,4,6H2,1H3. The lowest BCUT2D eigenvalue weighted by molar-refractivity contribution is 0.445. The van der Waals surface area contributed by atoms with E-state index in [1.54, 1.807) is 18.3 Å². The van der Waals surface area contributed by atoms with Crippen molar-refractivity contribution < 1.29 is 10.2 Å². The lowest BCUT2D eigenvalue weighted by Crippen LogP contribution is -2.21. The smallest absolute Gasteiger partial charge is 0.119 e.